The maximum atomic E-state index is 12.5. The third-order valence-electron chi connectivity index (χ3n) is 16.0. The second-order valence-electron chi connectivity index (χ2n) is 23.5. The van der Waals surface area contributed by atoms with Gasteiger partial charge in [-0.25, -0.2) is 0 Å². The Morgan fingerprint density at radius 3 is 1.04 bits per heavy atom. The lowest BCUT2D eigenvalue weighted by Crippen LogP contribution is -2.45. The van der Waals surface area contributed by atoms with Crippen molar-refractivity contribution in [2.75, 3.05) is 13.2 Å². The van der Waals surface area contributed by atoms with Crippen molar-refractivity contribution in [1.82, 2.24) is 5.32 Å². The summed E-state index contributed by atoms with van der Waals surface area (Å²) in [5.41, 5.74) is 0. The van der Waals surface area contributed by atoms with Crippen molar-refractivity contribution in [2.45, 2.75) is 392 Å². The Balaban J connectivity index is 3.38. The number of aliphatic hydroxyl groups is 2. The molecule has 0 radical (unpaired) electrons. The van der Waals surface area contributed by atoms with Crippen LogP contribution in [0.4, 0.5) is 0 Å². The van der Waals surface area contributed by atoms with Crippen LogP contribution in [0.25, 0.3) is 0 Å². The van der Waals surface area contributed by atoms with E-state index in [1.54, 1.807) is 0 Å². The molecular formula is C69H133NO5. The SMILES string of the molecule is CCCCC/C=C\C/C=C\CCCCCCCC(=O)OCCCCCCCCCCCCCCCCCCCCCCCCCC(=O)NC(CO)C(O)CCCCCCCCCCCCCCCCCCCCCC. The molecule has 2 unspecified atom stereocenters. The first-order chi connectivity index (χ1) is 37.0. The Morgan fingerprint density at radius 2 is 0.667 bits per heavy atom. The summed E-state index contributed by atoms with van der Waals surface area (Å²) >= 11 is 0. The highest BCUT2D eigenvalue weighted by molar-refractivity contribution is 5.76. The van der Waals surface area contributed by atoms with Gasteiger partial charge in [0.15, 0.2) is 0 Å². The zero-order valence-electron chi connectivity index (χ0n) is 50.8. The molecule has 0 aromatic carbocycles. The number of hydrogen-bond donors (Lipinski definition) is 3. The number of carbonyl (C=O) groups is 2. The minimum absolute atomic E-state index is 0.00119. The number of hydrogen-bond acceptors (Lipinski definition) is 5. The van der Waals surface area contributed by atoms with E-state index in [2.05, 4.69) is 43.5 Å². The van der Waals surface area contributed by atoms with E-state index >= 15 is 0 Å². The van der Waals surface area contributed by atoms with Crippen molar-refractivity contribution < 1.29 is 24.5 Å². The van der Waals surface area contributed by atoms with Gasteiger partial charge in [-0.05, 0) is 57.8 Å². The molecular weight excluding hydrogens is 923 g/mol. The van der Waals surface area contributed by atoms with E-state index in [4.69, 9.17) is 4.74 Å². The van der Waals surface area contributed by atoms with Crippen molar-refractivity contribution >= 4 is 11.9 Å². The molecule has 0 spiro atoms. The van der Waals surface area contributed by atoms with Gasteiger partial charge in [0.1, 0.15) is 0 Å². The van der Waals surface area contributed by atoms with E-state index in [0.717, 1.165) is 51.4 Å². The van der Waals surface area contributed by atoms with Crippen molar-refractivity contribution in [3.63, 3.8) is 0 Å². The summed E-state index contributed by atoms with van der Waals surface area (Å²) < 4.78 is 5.48. The van der Waals surface area contributed by atoms with Gasteiger partial charge in [0.25, 0.3) is 0 Å². The number of amides is 1. The van der Waals surface area contributed by atoms with Crippen molar-refractivity contribution in [1.29, 1.82) is 0 Å². The van der Waals surface area contributed by atoms with Gasteiger partial charge in [-0.1, -0.05) is 334 Å². The molecule has 0 rings (SSSR count). The van der Waals surface area contributed by atoms with Crippen LogP contribution in [0.5, 0.6) is 0 Å². The largest absolute Gasteiger partial charge is 0.466 e. The second-order valence-corrected chi connectivity index (χ2v) is 23.5. The predicted molar refractivity (Wildman–Crippen MR) is 329 cm³/mol. The number of rotatable bonds is 64. The average Bonchev–Trinajstić information content (AvgIpc) is 3.41. The maximum absolute atomic E-state index is 12.5. The molecule has 6 nitrogen and oxygen atoms in total. The van der Waals surface area contributed by atoms with Crippen LogP contribution in [0.1, 0.15) is 380 Å². The molecule has 0 aromatic rings. The fraction of sp³-hybridized carbons (Fsp3) is 0.913. The molecule has 3 N–H and O–H groups in total. The monoisotopic (exact) mass is 1060 g/mol. The molecule has 6 heteroatoms. The molecule has 0 fully saturated rings. The van der Waals surface area contributed by atoms with Crippen molar-refractivity contribution in [3.8, 4) is 0 Å². The maximum Gasteiger partial charge on any atom is 0.305 e. The minimum atomic E-state index is -0.665. The molecule has 75 heavy (non-hydrogen) atoms. The lowest BCUT2D eigenvalue weighted by Gasteiger charge is -2.22. The Kier molecular flexibility index (Phi) is 63.4. The summed E-state index contributed by atoms with van der Waals surface area (Å²) in [6, 6.07) is -0.542. The molecule has 0 heterocycles. The number of ether oxygens (including phenoxy) is 1. The third-order valence-corrected chi connectivity index (χ3v) is 16.0. The normalized spacial score (nSPS) is 12.6. The van der Waals surface area contributed by atoms with Crippen LogP contribution in [0.2, 0.25) is 0 Å². The number of unbranched alkanes of at least 4 members (excludes halogenated alkanes) is 49. The summed E-state index contributed by atoms with van der Waals surface area (Å²) in [6.45, 7) is 4.95. The lowest BCUT2D eigenvalue weighted by molar-refractivity contribution is -0.143. The van der Waals surface area contributed by atoms with Gasteiger partial charge >= 0.3 is 5.97 Å². The first-order valence-electron chi connectivity index (χ1n) is 34.1. The van der Waals surface area contributed by atoms with E-state index in [1.807, 2.05) is 0 Å². The van der Waals surface area contributed by atoms with Gasteiger partial charge in [0, 0.05) is 12.8 Å². The van der Waals surface area contributed by atoms with Gasteiger partial charge in [-0.2, -0.15) is 0 Å². The van der Waals surface area contributed by atoms with Gasteiger partial charge in [-0.3, -0.25) is 9.59 Å². The molecule has 0 saturated heterocycles. The smallest absolute Gasteiger partial charge is 0.305 e. The fourth-order valence-corrected chi connectivity index (χ4v) is 10.8. The van der Waals surface area contributed by atoms with Crippen LogP contribution in [0.3, 0.4) is 0 Å². The standard InChI is InChI=1S/C69H133NO5/c1-3-5-7-9-11-13-15-17-19-20-21-27-30-34-37-41-45-49-53-57-61-67(72)66(65-71)70-68(73)62-58-54-50-46-42-38-35-31-28-25-23-22-24-26-29-32-36-40-44-48-52-56-60-64-75-69(74)63-59-55-51-47-43-39-33-18-16-14-12-10-8-6-4-2/h12,14,18,33,66-67,71-72H,3-11,13,15-17,19-32,34-65H2,1-2H3,(H,70,73)/b14-12-,33-18-. The van der Waals surface area contributed by atoms with E-state index in [1.165, 1.54) is 295 Å². The van der Waals surface area contributed by atoms with Crippen molar-refractivity contribution in [2.24, 2.45) is 0 Å². The number of esters is 1. The van der Waals surface area contributed by atoms with Crippen molar-refractivity contribution in [3.05, 3.63) is 24.3 Å². The summed E-state index contributed by atoms with van der Waals surface area (Å²) in [4.78, 5) is 24.6. The molecule has 1 amide bonds. The van der Waals surface area contributed by atoms with Crippen LogP contribution in [-0.2, 0) is 14.3 Å². The average molecular weight is 1060 g/mol. The molecule has 444 valence electrons. The predicted octanol–water partition coefficient (Wildman–Crippen LogP) is 21.8. The van der Waals surface area contributed by atoms with Crippen LogP contribution >= 0.6 is 0 Å². The van der Waals surface area contributed by atoms with Crippen LogP contribution in [-0.4, -0.2) is 47.4 Å². The van der Waals surface area contributed by atoms with Gasteiger partial charge in [0.2, 0.25) is 5.91 Å². The lowest BCUT2D eigenvalue weighted by atomic mass is 10.0. The minimum Gasteiger partial charge on any atom is -0.466 e. The molecule has 0 saturated carbocycles. The number of aliphatic hydroxyl groups excluding tert-OH is 2. The molecule has 0 bridgehead atoms. The van der Waals surface area contributed by atoms with E-state index < -0.39 is 12.1 Å². The Morgan fingerprint density at radius 1 is 0.373 bits per heavy atom. The number of allylic oxidation sites excluding steroid dienone is 4. The molecule has 0 aromatic heterocycles. The third kappa shape index (κ3) is 61.4. The summed E-state index contributed by atoms with van der Waals surface area (Å²) in [5.74, 6) is -0.0294. The summed E-state index contributed by atoms with van der Waals surface area (Å²) in [5, 5.41) is 23.4. The highest BCUT2D eigenvalue weighted by Crippen LogP contribution is 2.19. The first-order valence-corrected chi connectivity index (χ1v) is 34.1. The van der Waals surface area contributed by atoms with Gasteiger partial charge in [-0.15, -0.1) is 0 Å². The molecule has 0 aliphatic heterocycles. The zero-order chi connectivity index (χ0) is 54.3. The quantitative estimate of drug-likeness (QED) is 0.0320. The highest BCUT2D eigenvalue weighted by atomic mass is 16.5. The first kappa shape index (κ1) is 73.3. The fourth-order valence-electron chi connectivity index (χ4n) is 10.8. The Bertz CT molecular complexity index is 1170. The van der Waals surface area contributed by atoms with Crippen LogP contribution in [0.15, 0.2) is 24.3 Å². The Hall–Kier alpha value is -1.66. The van der Waals surface area contributed by atoms with E-state index in [0.29, 0.717) is 25.9 Å². The summed E-state index contributed by atoms with van der Waals surface area (Å²) in [6.07, 6.45) is 80.6. The molecule has 0 aliphatic rings. The van der Waals surface area contributed by atoms with Gasteiger partial charge < -0.3 is 20.3 Å². The van der Waals surface area contributed by atoms with Crippen LogP contribution < -0.4 is 5.32 Å². The van der Waals surface area contributed by atoms with E-state index in [-0.39, 0.29) is 18.5 Å². The van der Waals surface area contributed by atoms with E-state index in [9.17, 15) is 19.8 Å². The highest BCUT2D eigenvalue weighted by Gasteiger charge is 2.20. The number of carbonyl (C=O) groups excluding carboxylic acids is 2. The summed E-state index contributed by atoms with van der Waals surface area (Å²) in [7, 11) is 0. The Labute approximate surface area is 469 Å². The molecule has 2 atom stereocenters. The number of nitrogens with one attached hydrogen (secondary N) is 1. The van der Waals surface area contributed by atoms with Crippen LogP contribution in [0, 0.1) is 0 Å². The van der Waals surface area contributed by atoms with Gasteiger partial charge in [0.05, 0.1) is 25.4 Å². The topological polar surface area (TPSA) is 95.9 Å². The molecule has 0 aliphatic carbocycles. The second kappa shape index (κ2) is 64.9. The zero-order valence-corrected chi connectivity index (χ0v) is 50.8.